The van der Waals surface area contributed by atoms with Crippen LogP contribution in [0.1, 0.15) is 19.8 Å². The fourth-order valence-electron chi connectivity index (χ4n) is 3.34. The van der Waals surface area contributed by atoms with E-state index in [4.69, 9.17) is 0 Å². The Morgan fingerprint density at radius 1 is 1.24 bits per heavy atom. The van der Waals surface area contributed by atoms with E-state index in [1.807, 2.05) is 42.2 Å². The van der Waals surface area contributed by atoms with E-state index in [2.05, 4.69) is 10.00 Å². The van der Waals surface area contributed by atoms with Gasteiger partial charge in [-0.25, -0.2) is 4.68 Å². The van der Waals surface area contributed by atoms with Gasteiger partial charge in [-0.15, -0.1) is 0 Å². The molecule has 1 aromatic carbocycles. The molecule has 1 aliphatic heterocycles. The lowest BCUT2D eigenvalue weighted by molar-refractivity contribution is -0.122. The Labute approximate surface area is 147 Å². The summed E-state index contributed by atoms with van der Waals surface area (Å²) < 4.78 is 1.34. The first kappa shape index (κ1) is 17.2. The molecule has 1 fully saturated rings. The molecule has 2 aromatic rings. The summed E-state index contributed by atoms with van der Waals surface area (Å²) in [7, 11) is 1.65. The van der Waals surface area contributed by atoms with E-state index < -0.39 is 0 Å². The monoisotopic (exact) mass is 340 g/mol. The first-order valence-corrected chi connectivity index (χ1v) is 8.76. The molecule has 3 rings (SSSR count). The van der Waals surface area contributed by atoms with Crippen LogP contribution in [0.2, 0.25) is 0 Å². The number of piperidine rings is 1. The molecule has 1 aliphatic rings. The number of aryl methyl sites for hydroxylation is 1. The second-order valence-corrected chi connectivity index (χ2v) is 6.36. The lowest BCUT2D eigenvalue weighted by Crippen LogP contribution is -2.45. The van der Waals surface area contributed by atoms with Gasteiger partial charge in [0.05, 0.1) is 5.92 Å². The Hall–Kier alpha value is -2.63. The minimum atomic E-state index is -0.130. The Bertz CT molecular complexity index is 788. The summed E-state index contributed by atoms with van der Waals surface area (Å²) in [5, 5.41) is 4.32. The molecule has 0 aliphatic carbocycles. The molecule has 0 unspecified atom stereocenters. The minimum absolute atomic E-state index is 0.0621. The molecule has 0 saturated carbocycles. The van der Waals surface area contributed by atoms with Crippen molar-refractivity contribution in [3.8, 4) is 0 Å². The summed E-state index contributed by atoms with van der Waals surface area (Å²) in [6.45, 7) is 4.14. The molecule has 1 aromatic heterocycles. The molecular formula is C19H24N4O2. The molecule has 132 valence electrons. The van der Waals surface area contributed by atoms with Crippen molar-refractivity contribution < 1.29 is 4.79 Å². The van der Waals surface area contributed by atoms with Crippen LogP contribution in [0, 0.1) is 5.92 Å². The van der Waals surface area contributed by atoms with Gasteiger partial charge < -0.3 is 9.80 Å². The molecule has 1 atom stereocenters. The molecule has 0 N–H and O–H groups in total. The average Bonchev–Trinajstić information content (AvgIpc) is 2.65. The van der Waals surface area contributed by atoms with Crippen molar-refractivity contribution in [2.75, 3.05) is 29.4 Å². The number of carbonyl (C=O) groups is 1. The number of aromatic nitrogens is 2. The fraction of sp³-hybridized carbons (Fsp3) is 0.421. The van der Waals surface area contributed by atoms with Crippen LogP contribution in [0.25, 0.3) is 0 Å². The maximum Gasteiger partial charge on any atom is 0.266 e. The van der Waals surface area contributed by atoms with E-state index in [-0.39, 0.29) is 17.4 Å². The normalized spacial score (nSPS) is 17.4. The van der Waals surface area contributed by atoms with Crippen LogP contribution in [-0.2, 0) is 11.8 Å². The molecule has 0 bridgehead atoms. The molecule has 6 heteroatoms. The number of benzene rings is 1. The third kappa shape index (κ3) is 3.73. The van der Waals surface area contributed by atoms with Gasteiger partial charge >= 0.3 is 0 Å². The molecule has 6 nitrogen and oxygen atoms in total. The highest BCUT2D eigenvalue weighted by Crippen LogP contribution is 2.25. The van der Waals surface area contributed by atoms with Crippen molar-refractivity contribution in [1.82, 2.24) is 9.78 Å². The number of hydrogen-bond donors (Lipinski definition) is 0. The van der Waals surface area contributed by atoms with Crippen molar-refractivity contribution in [3.63, 3.8) is 0 Å². The average molecular weight is 340 g/mol. The van der Waals surface area contributed by atoms with Crippen LogP contribution in [0.5, 0.6) is 0 Å². The lowest BCUT2D eigenvalue weighted by Gasteiger charge is -2.35. The Balaban J connectivity index is 1.77. The highest BCUT2D eigenvalue weighted by Gasteiger charge is 2.30. The van der Waals surface area contributed by atoms with Gasteiger partial charge in [0.25, 0.3) is 5.56 Å². The van der Waals surface area contributed by atoms with E-state index in [0.717, 1.165) is 30.9 Å². The van der Waals surface area contributed by atoms with Gasteiger partial charge in [0.1, 0.15) is 5.82 Å². The lowest BCUT2D eigenvalue weighted by atomic mass is 9.96. The zero-order chi connectivity index (χ0) is 17.8. The molecule has 2 heterocycles. The highest BCUT2D eigenvalue weighted by molar-refractivity contribution is 5.95. The summed E-state index contributed by atoms with van der Waals surface area (Å²) in [5.74, 6) is 0.846. The Morgan fingerprint density at radius 2 is 2.00 bits per heavy atom. The number of nitrogens with zero attached hydrogens (tertiary/aromatic N) is 4. The SMILES string of the molecule is CCN(C(=O)[C@@H]1CCCN(c2ccc(=O)n(C)n2)C1)c1ccccc1. The van der Waals surface area contributed by atoms with Crippen LogP contribution in [0.3, 0.4) is 0 Å². The van der Waals surface area contributed by atoms with Crippen molar-refractivity contribution in [3.05, 3.63) is 52.8 Å². The summed E-state index contributed by atoms with van der Waals surface area (Å²) in [5.41, 5.74) is 0.807. The van der Waals surface area contributed by atoms with E-state index >= 15 is 0 Å². The Morgan fingerprint density at radius 3 is 2.68 bits per heavy atom. The summed E-state index contributed by atoms with van der Waals surface area (Å²) >= 11 is 0. The molecular weight excluding hydrogens is 316 g/mol. The second-order valence-electron chi connectivity index (χ2n) is 6.36. The zero-order valence-corrected chi connectivity index (χ0v) is 14.8. The van der Waals surface area contributed by atoms with E-state index in [9.17, 15) is 9.59 Å². The molecule has 25 heavy (non-hydrogen) atoms. The number of rotatable bonds is 4. The number of hydrogen-bond acceptors (Lipinski definition) is 4. The van der Waals surface area contributed by atoms with Crippen LogP contribution in [-0.4, -0.2) is 35.3 Å². The molecule has 1 amide bonds. The maximum atomic E-state index is 13.1. The van der Waals surface area contributed by atoms with Gasteiger partial charge in [-0.3, -0.25) is 9.59 Å². The summed E-state index contributed by atoms with van der Waals surface area (Å²) in [6.07, 6.45) is 1.82. The fourth-order valence-corrected chi connectivity index (χ4v) is 3.34. The standard InChI is InChI=1S/C19H24N4O2/c1-3-23(16-9-5-4-6-10-16)19(25)15-8-7-13-22(14-15)17-11-12-18(24)21(2)20-17/h4-6,9-12,15H,3,7-8,13-14H2,1-2H3/t15-/m1/s1. The van der Waals surface area contributed by atoms with Crippen LogP contribution >= 0.6 is 0 Å². The maximum absolute atomic E-state index is 13.1. The van der Waals surface area contributed by atoms with Gasteiger partial charge in [0, 0.05) is 38.4 Å². The predicted octanol–water partition coefficient (Wildman–Crippen LogP) is 2.05. The predicted molar refractivity (Wildman–Crippen MR) is 98.9 cm³/mol. The summed E-state index contributed by atoms with van der Waals surface area (Å²) in [6, 6.07) is 13.1. The van der Waals surface area contributed by atoms with Crippen molar-refractivity contribution in [1.29, 1.82) is 0 Å². The number of amides is 1. The third-order valence-corrected chi connectivity index (χ3v) is 4.69. The smallest absolute Gasteiger partial charge is 0.266 e. The van der Waals surface area contributed by atoms with Crippen LogP contribution in [0.4, 0.5) is 11.5 Å². The zero-order valence-electron chi connectivity index (χ0n) is 14.8. The minimum Gasteiger partial charge on any atom is -0.354 e. The van der Waals surface area contributed by atoms with E-state index in [0.29, 0.717) is 13.1 Å². The van der Waals surface area contributed by atoms with Gasteiger partial charge in [-0.2, -0.15) is 5.10 Å². The van der Waals surface area contributed by atoms with E-state index in [1.165, 1.54) is 10.7 Å². The van der Waals surface area contributed by atoms with Crippen molar-refractivity contribution >= 4 is 17.4 Å². The molecule has 0 radical (unpaired) electrons. The largest absolute Gasteiger partial charge is 0.354 e. The van der Waals surface area contributed by atoms with Crippen molar-refractivity contribution in [2.45, 2.75) is 19.8 Å². The van der Waals surface area contributed by atoms with Gasteiger partial charge in [0.2, 0.25) is 5.91 Å². The van der Waals surface area contributed by atoms with Gasteiger partial charge in [-0.05, 0) is 38.0 Å². The van der Waals surface area contributed by atoms with Crippen molar-refractivity contribution in [2.24, 2.45) is 13.0 Å². The number of carbonyl (C=O) groups excluding carboxylic acids is 1. The first-order chi connectivity index (χ1) is 12.1. The number of para-hydroxylation sites is 1. The topological polar surface area (TPSA) is 58.4 Å². The third-order valence-electron chi connectivity index (χ3n) is 4.69. The van der Waals surface area contributed by atoms with Crippen LogP contribution < -0.4 is 15.4 Å². The highest BCUT2D eigenvalue weighted by atomic mass is 16.2. The van der Waals surface area contributed by atoms with Crippen LogP contribution in [0.15, 0.2) is 47.3 Å². The summed E-state index contributed by atoms with van der Waals surface area (Å²) in [4.78, 5) is 28.5. The first-order valence-electron chi connectivity index (χ1n) is 8.76. The Kier molecular flexibility index (Phi) is 5.16. The number of anilines is 2. The quantitative estimate of drug-likeness (QED) is 0.855. The van der Waals surface area contributed by atoms with Gasteiger partial charge in [0.15, 0.2) is 0 Å². The second kappa shape index (κ2) is 7.51. The van der Waals surface area contributed by atoms with E-state index in [1.54, 1.807) is 13.1 Å². The molecule has 0 spiro atoms. The molecule has 1 saturated heterocycles. The van der Waals surface area contributed by atoms with Gasteiger partial charge in [-0.1, -0.05) is 18.2 Å².